The topological polar surface area (TPSA) is 72.2 Å². The van der Waals surface area contributed by atoms with Gasteiger partial charge >= 0.3 is 0 Å². The third kappa shape index (κ3) is 5.32. The molecule has 1 aromatic carbocycles. The number of benzene rings is 1. The van der Waals surface area contributed by atoms with Gasteiger partial charge in [0.25, 0.3) is 0 Å². The van der Waals surface area contributed by atoms with Crippen LogP contribution < -0.4 is 10.5 Å². The van der Waals surface area contributed by atoms with Gasteiger partial charge in [-0.2, -0.15) is 0 Å². The number of rotatable bonds is 8. The number of hydrogen-bond acceptors (Lipinski definition) is 3. The number of nitrogens with two attached hydrogens (primary N) is 1. The van der Waals surface area contributed by atoms with Gasteiger partial charge in [-0.25, -0.2) is 13.1 Å². The minimum atomic E-state index is -3.49. The Kier molecular flexibility index (Phi) is 6.68. The molecule has 0 saturated heterocycles. The predicted octanol–water partition coefficient (Wildman–Crippen LogP) is 3.52. The fourth-order valence-corrected chi connectivity index (χ4v) is 4.40. The quantitative estimate of drug-likeness (QED) is 0.570. The zero-order chi connectivity index (χ0) is 16.0. The van der Waals surface area contributed by atoms with Crippen molar-refractivity contribution in [2.45, 2.75) is 70.7 Å². The molecule has 0 radical (unpaired) electrons. The average Bonchev–Trinajstić information content (AvgIpc) is 2.32. The summed E-state index contributed by atoms with van der Waals surface area (Å²) in [7, 11) is -3.49. The van der Waals surface area contributed by atoms with Crippen LogP contribution in [0.1, 0.15) is 57.1 Å². The van der Waals surface area contributed by atoms with E-state index in [4.69, 9.17) is 5.73 Å². The summed E-state index contributed by atoms with van der Waals surface area (Å²) < 4.78 is 27.8. The number of aryl methyl sites for hydroxylation is 2. The summed E-state index contributed by atoms with van der Waals surface area (Å²) in [5, 5.41) is 0. The molecule has 5 heteroatoms. The van der Waals surface area contributed by atoms with Crippen LogP contribution in [-0.4, -0.2) is 14.5 Å². The third-order valence-corrected chi connectivity index (χ3v) is 5.49. The largest absolute Gasteiger partial charge is 0.399 e. The molecule has 120 valence electrons. The highest BCUT2D eigenvalue weighted by Gasteiger charge is 2.21. The van der Waals surface area contributed by atoms with Crippen LogP contribution in [-0.2, 0) is 10.0 Å². The highest BCUT2D eigenvalue weighted by molar-refractivity contribution is 7.89. The number of hydrogen-bond donors (Lipinski definition) is 2. The van der Waals surface area contributed by atoms with Gasteiger partial charge in [0.15, 0.2) is 0 Å². The van der Waals surface area contributed by atoms with E-state index in [1.54, 1.807) is 26.0 Å². The van der Waals surface area contributed by atoms with Crippen molar-refractivity contribution in [1.29, 1.82) is 0 Å². The van der Waals surface area contributed by atoms with Crippen molar-refractivity contribution in [2.24, 2.45) is 0 Å². The Morgan fingerprint density at radius 2 is 1.71 bits per heavy atom. The fourth-order valence-electron chi connectivity index (χ4n) is 2.67. The number of anilines is 1. The zero-order valence-corrected chi connectivity index (χ0v) is 14.4. The average molecular weight is 312 g/mol. The van der Waals surface area contributed by atoms with E-state index in [1.165, 1.54) is 12.8 Å². The van der Waals surface area contributed by atoms with Crippen molar-refractivity contribution in [2.75, 3.05) is 5.73 Å². The molecule has 0 aliphatic carbocycles. The van der Waals surface area contributed by atoms with Gasteiger partial charge in [-0.05, 0) is 50.5 Å². The van der Waals surface area contributed by atoms with Gasteiger partial charge in [0.2, 0.25) is 10.0 Å². The van der Waals surface area contributed by atoms with Crippen molar-refractivity contribution in [3.8, 4) is 0 Å². The summed E-state index contributed by atoms with van der Waals surface area (Å²) in [6.45, 7) is 7.65. The minimum Gasteiger partial charge on any atom is -0.399 e. The lowest BCUT2D eigenvalue weighted by Crippen LogP contribution is -2.33. The highest BCUT2D eigenvalue weighted by atomic mass is 32.2. The summed E-state index contributed by atoms with van der Waals surface area (Å²) in [6, 6.07) is 3.35. The summed E-state index contributed by atoms with van der Waals surface area (Å²) in [5.41, 5.74) is 7.73. The summed E-state index contributed by atoms with van der Waals surface area (Å²) in [4.78, 5) is 0.358. The van der Waals surface area contributed by atoms with Crippen LogP contribution in [0, 0.1) is 13.8 Å². The van der Waals surface area contributed by atoms with Crippen LogP contribution in [0.15, 0.2) is 17.0 Å². The fraction of sp³-hybridized carbons (Fsp3) is 0.625. The van der Waals surface area contributed by atoms with Crippen molar-refractivity contribution in [3.05, 3.63) is 23.3 Å². The van der Waals surface area contributed by atoms with E-state index in [-0.39, 0.29) is 6.04 Å². The van der Waals surface area contributed by atoms with Gasteiger partial charge in [-0.15, -0.1) is 0 Å². The monoisotopic (exact) mass is 312 g/mol. The molecule has 4 nitrogen and oxygen atoms in total. The SMILES string of the molecule is CCCCCCC(C)NS(=O)(=O)c1c(C)cc(N)cc1C. The van der Waals surface area contributed by atoms with Crippen LogP contribution in [0.4, 0.5) is 5.69 Å². The van der Waals surface area contributed by atoms with Gasteiger partial charge in [0.05, 0.1) is 4.90 Å². The molecule has 0 spiro atoms. The summed E-state index contributed by atoms with van der Waals surface area (Å²) >= 11 is 0. The van der Waals surface area contributed by atoms with E-state index < -0.39 is 10.0 Å². The van der Waals surface area contributed by atoms with Gasteiger partial charge in [-0.1, -0.05) is 32.6 Å². The van der Waals surface area contributed by atoms with Crippen molar-refractivity contribution in [1.82, 2.24) is 4.72 Å². The first-order chi connectivity index (χ1) is 9.77. The van der Waals surface area contributed by atoms with E-state index in [0.29, 0.717) is 21.7 Å². The van der Waals surface area contributed by atoms with E-state index in [0.717, 1.165) is 19.3 Å². The van der Waals surface area contributed by atoms with Crippen LogP contribution >= 0.6 is 0 Å². The standard InChI is InChI=1S/C16H28N2O2S/c1-5-6-7-8-9-14(4)18-21(19,20)16-12(2)10-15(17)11-13(16)3/h10-11,14,18H,5-9,17H2,1-4H3. The van der Waals surface area contributed by atoms with Gasteiger partial charge in [0, 0.05) is 11.7 Å². The smallest absolute Gasteiger partial charge is 0.241 e. The molecule has 0 aliphatic rings. The molecule has 0 heterocycles. The highest BCUT2D eigenvalue weighted by Crippen LogP contribution is 2.23. The maximum Gasteiger partial charge on any atom is 0.241 e. The van der Waals surface area contributed by atoms with Crippen molar-refractivity contribution < 1.29 is 8.42 Å². The lowest BCUT2D eigenvalue weighted by molar-refractivity contribution is 0.521. The second kappa shape index (κ2) is 7.80. The predicted molar refractivity (Wildman–Crippen MR) is 88.9 cm³/mol. The Balaban J connectivity index is 2.78. The third-order valence-electron chi connectivity index (χ3n) is 3.60. The normalized spacial score (nSPS) is 13.3. The van der Waals surface area contributed by atoms with Crippen molar-refractivity contribution >= 4 is 15.7 Å². The molecular weight excluding hydrogens is 284 g/mol. The first-order valence-corrected chi connectivity index (χ1v) is 9.15. The first-order valence-electron chi connectivity index (χ1n) is 7.67. The number of sulfonamides is 1. The molecule has 0 amide bonds. The summed E-state index contributed by atoms with van der Waals surface area (Å²) in [5.74, 6) is 0. The molecule has 1 unspecified atom stereocenters. The van der Waals surface area contributed by atoms with Gasteiger partial charge in [0.1, 0.15) is 0 Å². The molecule has 0 fully saturated rings. The Morgan fingerprint density at radius 3 is 2.24 bits per heavy atom. The van der Waals surface area contributed by atoms with Crippen molar-refractivity contribution in [3.63, 3.8) is 0 Å². The second-order valence-corrected chi connectivity index (χ2v) is 7.51. The lowest BCUT2D eigenvalue weighted by Gasteiger charge is -2.17. The van der Waals surface area contributed by atoms with E-state index in [9.17, 15) is 8.42 Å². The van der Waals surface area contributed by atoms with Gasteiger partial charge in [-0.3, -0.25) is 0 Å². The molecule has 3 N–H and O–H groups in total. The minimum absolute atomic E-state index is 0.0526. The molecule has 1 atom stereocenters. The maximum atomic E-state index is 12.5. The number of unbranched alkanes of at least 4 members (excludes halogenated alkanes) is 3. The number of nitrogens with one attached hydrogen (secondary N) is 1. The number of nitrogen functional groups attached to an aromatic ring is 1. The van der Waals surface area contributed by atoms with Gasteiger partial charge < -0.3 is 5.73 Å². The van der Waals surface area contributed by atoms with E-state index >= 15 is 0 Å². The summed E-state index contributed by atoms with van der Waals surface area (Å²) in [6.07, 6.45) is 5.46. The molecule has 1 aromatic rings. The first kappa shape index (κ1) is 18.0. The molecule has 0 aliphatic heterocycles. The second-order valence-electron chi connectivity index (χ2n) is 5.86. The zero-order valence-electron chi connectivity index (χ0n) is 13.6. The van der Waals surface area contributed by atoms with Crippen LogP contribution in [0.5, 0.6) is 0 Å². The Morgan fingerprint density at radius 1 is 1.14 bits per heavy atom. The molecular formula is C16H28N2O2S. The lowest BCUT2D eigenvalue weighted by atomic mass is 10.1. The molecule has 1 rings (SSSR count). The van der Waals surface area contributed by atoms with E-state index in [1.807, 2.05) is 6.92 Å². The maximum absolute atomic E-state index is 12.5. The molecule has 21 heavy (non-hydrogen) atoms. The molecule has 0 aromatic heterocycles. The molecule has 0 bridgehead atoms. The Labute approximate surface area is 129 Å². The van der Waals surface area contributed by atoms with Crippen LogP contribution in [0.25, 0.3) is 0 Å². The van der Waals surface area contributed by atoms with Crippen LogP contribution in [0.3, 0.4) is 0 Å². The van der Waals surface area contributed by atoms with E-state index in [2.05, 4.69) is 11.6 Å². The van der Waals surface area contributed by atoms with Crippen LogP contribution in [0.2, 0.25) is 0 Å². The Hall–Kier alpha value is -1.07. The molecule has 0 saturated carbocycles. The Bertz CT molecular complexity index is 545.